The maximum atomic E-state index is 12.1. The van der Waals surface area contributed by atoms with E-state index in [0.717, 1.165) is 24.0 Å². The number of nitrogens with two attached hydrogens (primary N) is 1. The molecule has 1 amide bonds. The third-order valence-electron chi connectivity index (χ3n) is 5.73. The van der Waals surface area contributed by atoms with Crippen LogP contribution in [0, 0.1) is 17.2 Å². The lowest BCUT2D eigenvalue weighted by Gasteiger charge is -2.32. The molecule has 4 rings (SSSR count). The first-order valence-electron chi connectivity index (χ1n) is 11.0. The highest BCUT2D eigenvalue weighted by atomic mass is 16.5. The first kappa shape index (κ1) is 22.7. The summed E-state index contributed by atoms with van der Waals surface area (Å²) < 4.78 is 5.76. The minimum Gasteiger partial charge on any atom is -0.439 e. The van der Waals surface area contributed by atoms with Gasteiger partial charge in [-0.2, -0.15) is 5.26 Å². The van der Waals surface area contributed by atoms with E-state index in [1.807, 2.05) is 42.5 Å². The van der Waals surface area contributed by atoms with Crippen molar-refractivity contribution in [1.82, 2.24) is 19.9 Å². The number of hydrogen-bond acceptors (Lipinski definition) is 8. The van der Waals surface area contributed by atoms with Crippen molar-refractivity contribution in [3.63, 3.8) is 0 Å². The quantitative estimate of drug-likeness (QED) is 0.408. The molecule has 1 saturated heterocycles. The zero-order valence-electron chi connectivity index (χ0n) is 18.6. The van der Waals surface area contributed by atoms with Gasteiger partial charge in [-0.15, -0.1) is 0 Å². The number of benzene rings is 1. The maximum absolute atomic E-state index is 12.1. The average Bonchev–Trinajstić information content (AvgIpc) is 2.88. The lowest BCUT2D eigenvalue weighted by molar-refractivity contribution is -0.127. The Bertz CT molecular complexity index is 1200. The van der Waals surface area contributed by atoms with E-state index in [9.17, 15) is 4.79 Å². The number of likely N-dealkylation sites (tertiary alicyclic amines) is 1. The summed E-state index contributed by atoms with van der Waals surface area (Å²) >= 11 is 0. The minimum absolute atomic E-state index is 0.0193. The Morgan fingerprint density at radius 1 is 1.18 bits per heavy atom. The van der Waals surface area contributed by atoms with Gasteiger partial charge in [-0.05, 0) is 42.5 Å². The van der Waals surface area contributed by atoms with Gasteiger partial charge >= 0.3 is 0 Å². The number of nitrogens with zero attached hydrogens (tertiary/aromatic N) is 5. The molecule has 0 spiro atoms. The number of nitrogens with one attached hydrogen (secondary N) is 1. The third-order valence-corrected chi connectivity index (χ3v) is 5.73. The molecule has 3 N–H and O–H groups in total. The van der Waals surface area contributed by atoms with Crippen LogP contribution in [0.3, 0.4) is 0 Å². The molecule has 1 aromatic carbocycles. The van der Waals surface area contributed by atoms with Crippen molar-refractivity contribution in [3.05, 3.63) is 67.1 Å². The number of amides is 1. The summed E-state index contributed by atoms with van der Waals surface area (Å²) in [6, 6.07) is 14.8. The molecule has 1 fully saturated rings. The lowest BCUT2D eigenvalue weighted by atomic mass is 9.96. The van der Waals surface area contributed by atoms with Gasteiger partial charge < -0.3 is 20.7 Å². The van der Waals surface area contributed by atoms with Crippen LogP contribution < -0.4 is 15.8 Å². The van der Waals surface area contributed by atoms with Crippen LogP contribution in [0.5, 0.6) is 11.6 Å². The molecule has 3 aromatic rings. The monoisotopic (exact) mass is 455 g/mol. The van der Waals surface area contributed by atoms with Crippen LogP contribution in [0.1, 0.15) is 12.8 Å². The van der Waals surface area contributed by atoms with Gasteiger partial charge in [0.15, 0.2) is 0 Å². The highest BCUT2D eigenvalue weighted by Crippen LogP contribution is 2.33. The summed E-state index contributed by atoms with van der Waals surface area (Å²) in [5.41, 5.74) is 7.78. The molecule has 2 aromatic heterocycles. The van der Waals surface area contributed by atoms with Crippen LogP contribution >= 0.6 is 0 Å². The number of nitriles is 1. The van der Waals surface area contributed by atoms with Crippen molar-refractivity contribution in [2.45, 2.75) is 12.8 Å². The van der Waals surface area contributed by atoms with Crippen molar-refractivity contribution < 1.29 is 9.53 Å². The number of nitrogen functional groups attached to an aromatic ring is 1. The molecule has 0 aliphatic carbocycles. The van der Waals surface area contributed by atoms with Crippen molar-refractivity contribution in [1.29, 1.82) is 5.26 Å². The second-order valence-electron chi connectivity index (χ2n) is 7.98. The van der Waals surface area contributed by atoms with Crippen molar-refractivity contribution >= 4 is 17.5 Å². The summed E-state index contributed by atoms with van der Waals surface area (Å²) in [5, 5.41) is 12.3. The minimum atomic E-state index is -0.282. The number of rotatable bonds is 7. The Morgan fingerprint density at radius 3 is 2.62 bits per heavy atom. The smallest absolute Gasteiger partial charge is 0.263 e. The molecule has 172 valence electrons. The Labute approximate surface area is 197 Å². The van der Waals surface area contributed by atoms with Gasteiger partial charge in [0.1, 0.15) is 35.4 Å². The van der Waals surface area contributed by atoms with E-state index in [4.69, 9.17) is 15.7 Å². The molecule has 0 atom stereocenters. The predicted molar refractivity (Wildman–Crippen MR) is 129 cm³/mol. The molecule has 1 aliphatic rings. The number of piperidine rings is 1. The molecular formula is C25H25N7O2. The summed E-state index contributed by atoms with van der Waals surface area (Å²) in [6.45, 7) is 5.40. The van der Waals surface area contributed by atoms with Crippen LogP contribution in [0.2, 0.25) is 0 Å². The topological polar surface area (TPSA) is 130 Å². The van der Waals surface area contributed by atoms with E-state index >= 15 is 0 Å². The number of ether oxygens (including phenoxy) is 1. The lowest BCUT2D eigenvalue weighted by Crippen LogP contribution is -2.40. The Hall–Kier alpha value is -4.45. The number of hydrogen-bond donors (Lipinski definition) is 2. The van der Waals surface area contributed by atoms with E-state index in [0.29, 0.717) is 48.8 Å². The zero-order chi connectivity index (χ0) is 23.9. The zero-order valence-corrected chi connectivity index (χ0v) is 18.6. The van der Waals surface area contributed by atoms with E-state index in [1.165, 1.54) is 6.33 Å². The van der Waals surface area contributed by atoms with Gasteiger partial charge in [0, 0.05) is 31.9 Å². The van der Waals surface area contributed by atoms with Crippen molar-refractivity contribution in [2.24, 2.45) is 5.92 Å². The summed E-state index contributed by atoms with van der Waals surface area (Å²) in [5.74, 6) is 2.29. The fourth-order valence-electron chi connectivity index (χ4n) is 3.86. The van der Waals surface area contributed by atoms with Crippen molar-refractivity contribution in [2.75, 3.05) is 30.7 Å². The fourth-order valence-corrected chi connectivity index (χ4v) is 3.86. The van der Waals surface area contributed by atoms with Crippen LogP contribution in [0.15, 0.2) is 67.1 Å². The van der Waals surface area contributed by atoms with E-state index in [2.05, 4.69) is 26.8 Å². The van der Waals surface area contributed by atoms with Crippen LogP contribution in [-0.4, -0.2) is 45.4 Å². The van der Waals surface area contributed by atoms with Gasteiger partial charge in [0.05, 0.1) is 5.56 Å². The van der Waals surface area contributed by atoms with E-state index in [1.54, 1.807) is 17.2 Å². The standard InChI is InChI=1S/C25H25N7O2/c1-17(14-26)25(33)32-12-9-18(10-13-32)15-29-24-22(23(27)30-16-31-24)19-5-7-20(8-6-19)34-21-4-2-3-11-28-21/h2-8,11,16,18H,1,9-10,12-13,15H2,(H3,27,29,30,31). The Balaban J connectivity index is 1.40. The molecule has 0 unspecified atom stereocenters. The normalized spacial score (nSPS) is 13.7. The van der Waals surface area contributed by atoms with E-state index < -0.39 is 0 Å². The second-order valence-corrected chi connectivity index (χ2v) is 7.98. The highest BCUT2D eigenvalue weighted by molar-refractivity contribution is 5.96. The van der Waals surface area contributed by atoms with Gasteiger partial charge in [0.25, 0.3) is 5.91 Å². The van der Waals surface area contributed by atoms with Gasteiger partial charge in [0.2, 0.25) is 5.88 Å². The molecule has 3 heterocycles. The van der Waals surface area contributed by atoms with Crippen LogP contribution in [0.4, 0.5) is 11.6 Å². The molecule has 9 heteroatoms. The first-order chi connectivity index (χ1) is 16.5. The first-order valence-corrected chi connectivity index (χ1v) is 11.0. The van der Waals surface area contributed by atoms with Gasteiger partial charge in [-0.25, -0.2) is 15.0 Å². The molecule has 1 aliphatic heterocycles. The summed E-state index contributed by atoms with van der Waals surface area (Å²) in [7, 11) is 0. The Kier molecular flexibility index (Phi) is 6.98. The predicted octanol–water partition coefficient (Wildman–Crippen LogP) is 3.64. The van der Waals surface area contributed by atoms with Crippen LogP contribution in [-0.2, 0) is 4.79 Å². The Morgan fingerprint density at radius 2 is 1.94 bits per heavy atom. The summed E-state index contributed by atoms with van der Waals surface area (Å²) in [6.07, 6.45) is 4.77. The van der Waals surface area contributed by atoms with Gasteiger partial charge in [-0.1, -0.05) is 24.8 Å². The number of anilines is 2. The second kappa shape index (κ2) is 10.4. The van der Waals surface area contributed by atoms with E-state index in [-0.39, 0.29) is 11.5 Å². The molecular weight excluding hydrogens is 430 g/mol. The number of carbonyl (C=O) groups is 1. The molecule has 0 bridgehead atoms. The number of carbonyl (C=O) groups excluding carboxylic acids is 1. The number of aromatic nitrogens is 3. The third kappa shape index (κ3) is 5.30. The molecule has 34 heavy (non-hydrogen) atoms. The average molecular weight is 456 g/mol. The van der Waals surface area contributed by atoms with Crippen LogP contribution in [0.25, 0.3) is 11.1 Å². The summed E-state index contributed by atoms with van der Waals surface area (Å²) in [4.78, 5) is 26.6. The number of pyridine rings is 1. The molecule has 9 nitrogen and oxygen atoms in total. The highest BCUT2D eigenvalue weighted by Gasteiger charge is 2.24. The SMILES string of the molecule is C=C(C#N)C(=O)N1CCC(CNc2ncnc(N)c2-c2ccc(Oc3ccccn3)cc2)CC1. The fraction of sp³-hybridized carbons (Fsp3) is 0.240. The molecule has 0 radical (unpaired) electrons. The van der Waals surface area contributed by atoms with Gasteiger partial charge in [-0.3, -0.25) is 4.79 Å². The molecule has 0 saturated carbocycles. The van der Waals surface area contributed by atoms with Crippen molar-refractivity contribution in [3.8, 4) is 28.8 Å². The largest absolute Gasteiger partial charge is 0.439 e. The maximum Gasteiger partial charge on any atom is 0.263 e.